The minimum atomic E-state index is -0.940. The van der Waals surface area contributed by atoms with Crippen molar-refractivity contribution >= 4 is 16.9 Å². The number of aromatic nitrogens is 2. The van der Waals surface area contributed by atoms with E-state index in [2.05, 4.69) is 5.16 Å². The molecular formula is C15H14N2O4. The molecule has 21 heavy (non-hydrogen) atoms. The maximum absolute atomic E-state index is 11.3. The van der Waals surface area contributed by atoms with E-state index >= 15 is 0 Å². The van der Waals surface area contributed by atoms with E-state index < -0.39 is 5.97 Å². The number of para-hydroxylation sites is 1. The van der Waals surface area contributed by atoms with Crippen LogP contribution in [0.5, 0.6) is 0 Å². The number of hydrogen-bond donors (Lipinski definition) is 1. The fraction of sp³-hybridized carbons (Fsp3) is 0.200. The number of aromatic carboxylic acids is 1. The van der Waals surface area contributed by atoms with Gasteiger partial charge in [0.15, 0.2) is 5.76 Å². The average molecular weight is 286 g/mol. The first-order chi connectivity index (χ1) is 10.2. The summed E-state index contributed by atoms with van der Waals surface area (Å²) in [4.78, 5) is 11.3. The van der Waals surface area contributed by atoms with Crippen molar-refractivity contribution in [1.82, 2.24) is 9.72 Å². The third-order valence-corrected chi connectivity index (χ3v) is 3.25. The monoisotopic (exact) mass is 286 g/mol. The van der Waals surface area contributed by atoms with Crippen LogP contribution in [-0.4, -0.2) is 27.9 Å². The lowest BCUT2D eigenvalue weighted by Crippen LogP contribution is -1.99. The van der Waals surface area contributed by atoms with E-state index in [1.165, 1.54) is 0 Å². The summed E-state index contributed by atoms with van der Waals surface area (Å²) in [5, 5.41) is 14.0. The quantitative estimate of drug-likeness (QED) is 0.779. The van der Waals surface area contributed by atoms with Gasteiger partial charge >= 0.3 is 5.97 Å². The molecule has 0 amide bonds. The first-order valence-corrected chi connectivity index (χ1v) is 6.43. The lowest BCUT2D eigenvalue weighted by Gasteiger charge is -2.01. The van der Waals surface area contributed by atoms with E-state index in [4.69, 9.17) is 9.26 Å². The van der Waals surface area contributed by atoms with Crippen molar-refractivity contribution in [2.75, 3.05) is 7.11 Å². The van der Waals surface area contributed by atoms with Crippen LogP contribution in [0.25, 0.3) is 10.9 Å². The zero-order valence-corrected chi connectivity index (χ0v) is 11.4. The van der Waals surface area contributed by atoms with Gasteiger partial charge in [-0.2, -0.15) is 0 Å². The van der Waals surface area contributed by atoms with Crippen molar-refractivity contribution in [3.8, 4) is 0 Å². The Morgan fingerprint density at radius 2 is 2.24 bits per heavy atom. The molecule has 1 N–H and O–H groups in total. The molecule has 0 aliphatic heterocycles. The van der Waals surface area contributed by atoms with E-state index in [0.29, 0.717) is 24.3 Å². The molecule has 3 aromatic rings. The van der Waals surface area contributed by atoms with Gasteiger partial charge in [0.05, 0.1) is 12.1 Å². The number of benzene rings is 1. The number of carboxylic acid groups (broad SMARTS) is 1. The van der Waals surface area contributed by atoms with E-state index in [1.807, 2.05) is 22.8 Å². The number of carboxylic acids is 1. The third-order valence-electron chi connectivity index (χ3n) is 3.25. The number of ether oxygens (including phenoxy) is 1. The summed E-state index contributed by atoms with van der Waals surface area (Å²) < 4.78 is 12.0. The fourth-order valence-corrected chi connectivity index (χ4v) is 2.36. The molecule has 2 aromatic heterocycles. The summed E-state index contributed by atoms with van der Waals surface area (Å²) in [6.45, 7) is 0.806. The number of nitrogens with zero attached hydrogens (tertiary/aromatic N) is 2. The van der Waals surface area contributed by atoms with Gasteiger partial charge in [-0.1, -0.05) is 23.4 Å². The van der Waals surface area contributed by atoms with Crippen molar-refractivity contribution in [1.29, 1.82) is 0 Å². The normalized spacial score (nSPS) is 11.1. The van der Waals surface area contributed by atoms with Crippen LogP contribution in [0.3, 0.4) is 0 Å². The molecule has 3 rings (SSSR count). The van der Waals surface area contributed by atoms with Crippen molar-refractivity contribution in [3.05, 3.63) is 53.5 Å². The van der Waals surface area contributed by atoms with Crippen molar-refractivity contribution < 1.29 is 19.2 Å². The fourth-order valence-electron chi connectivity index (χ4n) is 2.36. The molecule has 0 saturated heterocycles. The van der Waals surface area contributed by atoms with Gasteiger partial charge < -0.3 is 18.9 Å². The largest absolute Gasteiger partial charge is 0.478 e. The van der Waals surface area contributed by atoms with Crippen LogP contribution < -0.4 is 0 Å². The molecule has 6 heteroatoms. The van der Waals surface area contributed by atoms with Crippen LogP contribution >= 0.6 is 0 Å². The van der Waals surface area contributed by atoms with Crippen LogP contribution in [0, 0.1) is 0 Å². The van der Waals surface area contributed by atoms with Gasteiger partial charge in [-0.3, -0.25) is 0 Å². The topological polar surface area (TPSA) is 77.5 Å². The molecule has 0 atom stereocenters. The summed E-state index contributed by atoms with van der Waals surface area (Å²) in [7, 11) is 1.58. The number of hydrogen-bond acceptors (Lipinski definition) is 4. The highest BCUT2D eigenvalue weighted by atomic mass is 16.5. The standard InChI is InChI=1S/C15H14N2O4/c1-20-9-11-6-10(16-21-11)7-17-8-13(15(18)19)12-4-2-3-5-14(12)17/h2-6,8H,7,9H2,1H3,(H,18,19). The number of carbonyl (C=O) groups is 1. The molecule has 0 fully saturated rings. The van der Waals surface area contributed by atoms with E-state index in [1.54, 1.807) is 25.4 Å². The highest BCUT2D eigenvalue weighted by molar-refractivity contribution is 6.03. The smallest absolute Gasteiger partial charge is 0.337 e. The van der Waals surface area contributed by atoms with Crippen LogP contribution in [0.1, 0.15) is 21.8 Å². The average Bonchev–Trinajstić information content (AvgIpc) is 3.05. The van der Waals surface area contributed by atoms with E-state index in [9.17, 15) is 9.90 Å². The highest BCUT2D eigenvalue weighted by Crippen LogP contribution is 2.22. The van der Waals surface area contributed by atoms with Gasteiger partial charge in [0.25, 0.3) is 0 Å². The Bertz CT molecular complexity index is 788. The Balaban J connectivity index is 1.98. The van der Waals surface area contributed by atoms with Gasteiger partial charge in [0.2, 0.25) is 0 Å². The van der Waals surface area contributed by atoms with Gasteiger partial charge in [0, 0.05) is 30.3 Å². The predicted octanol–water partition coefficient (Wildman–Crippen LogP) is 2.52. The summed E-state index contributed by atoms with van der Waals surface area (Å²) in [5.74, 6) is -0.299. The highest BCUT2D eigenvalue weighted by Gasteiger charge is 2.14. The summed E-state index contributed by atoms with van der Waals surface area (Å²) in [6.07, 6.45) is 1.62. The molecule has 1 aromatic carbocycles. The Labute approximate surface area is 120 Å². The molecule has 6 nitrogen and oxygen atoms in total. The summed E-state index contributed by atoms with van der Waals surface area (Å²) in [6, 6.07) is 9.20. The number of methoxy groups -OCH3 is 1. The molecule has 2 heterocycles. The first kappa shape index (κ1) is 13.4. The Morgan fingerprint density at radius 3 is 3.00 bits per heavy atom. The van der Waals surface area contributed by atoms with Crippen LogP contribution in [0.2, 0.25) is 0 Å². The molecular weight excluding hydrogens is 272 g/mol. The van der Waals surface area contributed by atoms with Crippen LogP contribution in [-0.2, 0) is 17.9 Å². The molecule has 0 saturated carbocycles. The predicted molar refractivity (Wildman–Crippen MR) is 75.2 cm³/mol. The molecule has 0 bridgehead atoms. The zero-order valence-electron chi connectivity index (χ0n) is 11.4. The summed E-state index contributed by atoms with van der Waals surface area (Å²) >= 11 is 0. The second kappa shape index (κ2) is 5.41. The van der Waals surface area contributed by atoms with Crippen LogP contribution in [0.4, 0.5) is 0 Å². The second-order valence-electron chi connectivity index (χ2n) is 4.71. The molecule has 0 unspecified atom stereocenters. The van der Waals surface area contributed by atoms with Gasteiger partial charge in [0.1, 0.15) is 12.3 Å². The van der Waals surface area contributed by atoms with E-state index in [0.717, 1.165) is 11.2 Å². The molecule has 0 aliphatic rings. The minimum Gasteiger partial charge on any atom is -0.478 e. The van der Waals surface area contributed by atoms with Crippen LogP contribution in [0.15, 0.2) is 41.1 Å². The number of fused-ring (bicyclic) bond motifs is 1. The van der Waals surface area contributed by atoms with Crippen molar-refractivity contribution in [2.24, 2.45) is 0 Å². The lowest BCUT2D eigenvalue weighted by atomic mass is 10.2. The second-order valence-corrected chi connectivity index (χ2v) is 4.71. The SMILES string of the molecule is COCc1cc(Cn2cc(C(=O)O)c3ccccc32)no1. The zero-order chi connectivity index (χ0) is 14.8. The molecule has 108 valence electrons. The Kier molecular flexibility index (Phi) is 3.45. The maximum atomic E-state index is 11.3. The van der Waals surface area contributed by atoms with Gasteiger partial charge in [-0.15, -0.1) is 0 Å². The molecule has 0 aliphatic carbocycles. The van der Waals surface area contributed by atoms with Gasteiger partial charge in [-0.05, 0) is 6.07 Å². The maximum Gasteiger partial charge on any atom is 0.337 e. The van der Waals surface area contributed by atoms with E-state index in [-0.39, 0.29) is 5.56 Å². The third kappa shape index (κ3) is 2.53. The minimum absolute atomic E-state index is 0.284. The lowest BCUT2D eigenvalue weighted by molar-refractivity contribution is 0.0699. The van der Waals surface area contributed by atoms with Crippen molar-refractivity contribution in [3.63, 3.8) is 0 Å². The Morgan fingerprint density at radius 1 is 1.43 bits per heavy atom. The van der Waals surface area contributed by atoms with Crippen molar-refractivity contribution in [2.45, 2.75) is 13.2 Å². The first-order valence-electron chi connectivity index (χ1n) is 6.43. The Hall–Kier alpha value is -2.60. The molecule has 0 radical (unpaired) electrons. The summed E-state index contributed by atoms with van der Waals surface area (Å²) in [5.41, 5.74) is 1.86. The number of rotatable bonds is 5. The van der Waals surface area contributed by atoms with Gasteiger partial charge in [-0.25, -0.2) is 4.79 Å². The molecule has 0 spiro atoms.